The second-order valence-corrected chi connectivity index (χ2v) is 4.07. The van der Waals surface area contributed by atoms with Gasteiger partial charge in [0.2, 0.25) is 0 Å². The predicted molar refractivity (Wildman–Crippen MR) is 69.1 cm³/mol. The van der Waals surface area contributed by atoms with Crippen LogP contribution in [0.4, 0.5) is 5.82 Å². The highest BCUT2D eigenvalue weighted by molar-refractivity contribution is 5.35. The Hall–Kier alpha value is -1.20. The van der Waals surface area contributed by atoms with Crippen LogP contribution >= 0.6 is 0 Å². The van der Waals surface area contributed by atoms with Gasteiger partial charge in [0.05, 0.1) is 13.2 Å². The Morgan fingerprint density at radius 2 is 2.18 bits per heavy atom. The quantitative estimate of drug-likeness (QED) is 0.776. The average molecular weight is 238 g/mol. The van der Waals surface area contributed by atoms with Gasteiger partial charge in [-0.3, -0.25) is 4.90 Å². The number of aromatic nitrogens is 2. The van der Waals surface area contributed by atoms with E-state index >= 15 is 0 Å². The fourth-order valence-electron chi connectivity index (χ4n) is 1.54. The Morgan fingerprint density at radius 1 is 1.41 bits per heavy atom. The van der Waals surface area contributed by atoms with Gasteiger partial charge in [-0.25, -0.2) is 9.97 Å². The van der Waals surface area contributed by atoms with Gasteiger partial charge in [0, 0.05) is 32.0 Å². The Labute approximate surface area is 103 Å². The highest BCUT2D eigenvalue weighted by atomic mass is 16.5. The van der Waals surface area contributed by atoms with Crippen LogP contribution in [0.15, 0.2) is 6.07 Å². The molecular formula is C12H22N4O. The molecule has 0 aliphatic carbocycles. The van der Waals surface area contributed by atoms with Crippen molar-refractivity contribution in [2.45, 2.75) is 20.4 Å². The van der Waals surface area contributed by atoms with Gasteiger partial charge in [-0.2, -0.15) is 0 Å². The number of methoxy groups -OCH3 is 1. The smallest absolute Gasteiger partial charge is 0.144 e. The summed E-state index contributed by atoms with van der Waals surface area (Å²) in [5.74, 6) is 1.75. The summed E-state index contributed by atoms with van der Waals surface area (Å²) in [6, 6.07) is 1.96. The third-order valence-corrected chi connectivity index (χ3v) is 2.35. The number of hydrogen-bond donors (Lipinski definition) is 1. The molecule has 0 bridgehead atoms. The van der Waals surface area contributed by atoms with Crippen LogP contribution in [0.3, 0.4) is 0 Å². The molecule has 0 radical (unpaired) electrons. The van der Waals surface area contributed by atoms with Gasteiger partial charge in [0.1, 0.15) is 11.6 Å². The number of nitrogens with zero attached hydrogens (tertiary/aromatic N) is 3. The maximum Gasteiger partial charge on any atom is 0.144 e. The van der Waals surface area contributed by atoms with E-state index in [2.05, 4.69) is 27.1 Å². The summed E-state index contributed by atoms with van der Waals surface area (Å²) in [6.07, 6.45) is 0. The fourth-order valence-corrected chi connectivity index (χ4v) is 1.54. The van der Waals surface area contributed by atoms with Crippen molar-refractivity contribution in [3.05, 3.63) is 17.6 Å². The second kappa shape index (κ2) is 7.19. The van der Waals surface area contributed by atoms with Crippen LogP contribution in [0.25, 0.3) is 0 Å². The van der Waals surface area contributed by atoms with E-state index in [1.165, 1.54) is 0 Å². The van der Waals surface area contributed by atoms with E-state index in [9.17, 15) is 0 Å². The van der Waals surface area contributed by atoms with Crippen LogP contribution in [-0.2, 0) is 11.3 Å². The molecule has 0 saturated carbocycles. The summed E-state index contributed by atoms with van der Waals surface area (Å²) < 4.78 is 5.04. The molecule has 96 valence electrons. The van der Waals surface area contributed by atoms with Gasteiger partial charge in [-0.1, -0.05) is 0 Å². The van der Waals surface area contributed by atoms with E-state index in [1.807, 2.05) is 20.0 Å². The second-order valence-electron chi connectivity index (χ2n) is 4.07. The average Bonchev–Trinajstić information content (AvgIpc) is 2.26. The maximum absolute atomic E-state index is 5.04. The summed E-state index contributed by atoms with van der Waals surface area (Å²) in [6.45, 7) is 7.26. The zero-order chi connectivity index (χ0) is 12.7. The normalized spacial score (nSPS) is 10.9. The highest BCUT2D eigenvalue weighted by Gasteiger charge is 2.05. The van der Waals surface area contributed by atoms with E-state index in [1.54, 1.807) is 7.11 Å². The van der Waals surface area contributed by atoms with Crippen LogP contribution in [-0.4, -0.2) is 48.7 Å². The first-order valence-corrected chi connectivity index (χ1v) is 5.91. The molecule has 5 heteroatoms. The van der Waals surface area contributed by atoms with Gasteiger partial charge in [0.25, 0.3) is 0 Å². The molecule has 0 fully saturated rings. The molecule has 5 nitrogen and oxygen atoms in total. The summed E-state index contributed by atoms with van der Waals surface area (Å²) in [5, 5.41) is 3.21. The van der Waals surface area contributed by atoms with E-state index in [0.717, 1.165) is 43.6 Å². The molecule has 0 aliphatic heterocycles. The first-order valence-electron chi connectivity index (χ1n) is 5.91. The van der Waals surface area contributed by atoms with Crippen LogP contribution in [0.2, 0.25) is 0 Å². The topological polar surface area (TPSA) is 50.3 Å². The molecule has 1 rings (SSSR count). The number of anilines is 1. The lowest BCUT2D eigenvalue weighted by atomic mass is 10.4. The van der Waals surface area contributed by atoms with Crippen molar-refractivity contribution in [1.29, 1.82) is 0 Å². The first-order chi connectivity index (χ1) is 8.15. The molecule has 0 atom stereocenters. The molecule has 0 spiro atoms. The van der Waals surface area contributed by atoms with Crippen LogP contribution < -0.4 is 5.32 Å². The summed E-state index contributed by atoms with van der Waals surface area (Å²) >= 11 is 0. The molecule has 1 N–H and O–H groups in total. The summed E-state index contributed by atoms with van der Waals surface area (Å²) in [4.78, 5) is 11.0. The van der Waals surface area contributed by atoms with Crippen LogP contribution in [0, 0.1) is 6.92 Å². The maximum atomic E-state index is 5.04. The molecule has 0 aromatic carbocycles. The van der Waals surface area contributed by atoms with Crippen molar-refractivity contribution in [2.24, 2.45) is 0 Å². The van der Waals surface area contributed by atoms with Crippen molar-refractivity contribution >= 4 is 5.82 Å². The Morgan fingerprint density at radius 3 is 2.82 bits per heavy atom. The van der Waals surface area contributed by atoms with Gasteiger partial charge in [0.15, 0.2) is 0 Å². The largest absolute Gasteiger partial charge is 0.383 e. The van der Waals surface area contributed by atoms with E-state index in [0.29, 0.717) is 0 Å². The SMILES string of the molecule is CCNc1cc(C)nc(CN(C)CCOC)n1. The standard InChI is InChI=1S/C12H22N4O/c1-5-13-11-8-10(2)14-12(15-11)9-16(3)6-7-17-4/h8H,5-7,9H2,1-4H3,(H,13,14,15). The Kier molecular flexibility index (Phi) is 5.86. The predicted octanol–water partition coefficient (Wildman–Crippen LogP) is 1.30. The molecule has 1 heterocycles. The van der Waals surface area contributed by atoms with Crippen molar-refractivity contribution in [2.75, 3.05) is 39.2 Å². The number of hydrogen-bond acceptors (Lipinski definition) is 5. The minimum absolute atomic E-state index is 0.725. The van der Waals surface area contributed by atoms with Crippen LogP contribution in [0.1, 0.15) is 18.4 Å². The minimum atomic E-state index is 0.725. The number of aryl methyl sites for hydroxylation is 1. The first kappa shape index (κ1) is 13.9. The number of ether oxygens (including phenoxy) is 1. The lowest BCUT2D eigenvalue weighted by molar-refractivity contribution is 0.157. The lowest BCUT2D eigenvalue weighted by Gasteiger charge is -2.15. The molecule has 17 heavy (non-hydrogen) atoms. The lowest BCUT2D eigenvalue weighted by Crippen LogP contribution is -2.23. The van der Waals surface area contributed by atoms with Crippen LogP contribution in [0.5, 0.6) is 0 Å². The Balaban J connectivity index is 2.63. The number of rotatable bonds is 7. The van der Waals surface area contributed by atoms with Crippen molar-refractivity contribution in [1.82, 2.24) is 14.9 Å². The molecule has 0 unspecified atom stereocenters. The molecule has 1 aromatic rings. The third kappa shape index (κ3) is 5.10. The van der Waals surface area contributed by atoms with Crippen molar-refractivity contribution in [3.8, 4) is 0 Å². The van der Waals surface area contributed by atoms with Gasteiger partial charge in [-0.15, -0.1) is 0 Å². The van der Waals surface area contributed by atoms with Gasteiger partial charge < -0.3 is 10.1 Å². The molecule has 0 saturated heterocycles. The molecule has 1 aromatic heterocycles. The van der Waals surface area contributed by atoms with Crippen molar-refractivity contribution < 1.29 is 4.74 Å². The number of likely N-dealkylation sites (N-methyl/N-ethyl adjacent to an activating group) is 1. The van der Waals surface area contributed by atoms with E-state index < -0.39 is 0 Å². The third-order valence-electron chi connectivity index (χ3n) is 2.35. The summed E-state index contributed by atoms with van der Waals surface area (Å²) in [7, 11) is 3.75. The zero-order valence-electron chi connectivity index (χ0n) is 11.2. The molecule has 0 amide bonds. The van der Waals surface area contributed by atoms with E-state index in [4.69, 9.17) is 4.74 Å². The van der Waals surface area contributed by atoms with E-state index in [-0.39, 0.29) is 0 Å². The van der Waals surface area contributed by atoms with Crippen molar-refractivity contribution in [3.63, 3.8) is 0 Å². The minimum Gasteiger partial charge on any atom is -0.383 e. The zero-order valence-corrected chi connectivity index (χ0v) is 11.2. The van der Waals surface area contributed by atoms with Gasteiger partial charge >= 0.3 is 0 Å². The fraction of sp³-hybridized carbons (Fsp3) is 0.667. The molecule has 0 aliphatic rings. The highest BCUT2D eigenvalue weighted by Crippen LogP contribution is 2.07. The van der Waals surface area contributed by atoms with Gasteiger partial charge in [-0.05, 0) is 20.9 Å². The monoisotopic (exact) mass is 238 g/mol. The Bertz CT molecular complexity index is 343. The summed E-state index contributed by atoms with van der Waals surface area (Å²) in [5.41, 5.74) is 0.992. The molecular weight excluding hydrogens is 216 g/mol. The number of nitrogens with one attached hydrogen (secondary N) is 1.